The number of hydrogen-bond donors (Lipinski definition) is 0. The van der Waals surface area contributed by atoms with Crippen LogP contribution in [0.4, 0.5) is 0 Å². The Morgan fingerprint density at radius 1 is 0.245 bits per heavy atom. The summed E-state index contributed by atoms with van der Waals surface area (Å²) in [6.45, 7) is 9.49. The molecule has 0 aromatic heterocycles. The van der Waals surface area contributed by atoms with Gasteiger partial charge in [-0.05, 0) is 25.7 Å². The van der Waals surface area contributed by atoms with Crippen LogP contribution in [-0.4, -0.2) is 29.1 Å². The molecule has 1 unspecified atom stereocenters. The largest absolute Gasteiger partial charge is 0.356 e. The monoisotopic (exact) mass is 743 g/mol. The van der Waals surface area contributed by atoms with Crippen LogP contribution in [0.25, 0.3) is 0 Å². The van der Waals surface area contributed by atoms with E-state index in [4.69, 9.17) is 0 Å². The number of nitrogens with zero attached hydrogens (tertiary/aromatic N) is 2. The van der Waals surface area contributed by atoms with Gasteiger partial charge in [0.15, 0.2) is 0 Å². The Bertz CT molecular complexity index is 702. The third-order valence-corrected chi connectivity index (χ3v) is 12.6. The van der Waals surface area contributed by atoms with Crippen LogP contribution in [0.2, 0.25) is 0 Å². The molecule has 0 saturated carbocycles. The summed E-state index contributed by atoms with van der Waals surface area (Å²) >= 11 is 0. The van der Waals surface area contributed by atoms with E-state index in [0.717, 1.165) is 0 Å². The summed E-state index contributed by atoms with van der Waals surface area (Å²) in [6, 6.07) is 0. The zero-order chi connectivity index (χ0) is 38.0. The maximum atomic E-state index is 2.74. The highest BCUT2D eigenvalue weighted by molar-refractivity contribution is 4.97. The van der Waals surface area contributed by atoms with Crippen LogP contribution in [0.3, 0.4) is 0 Å². The van der Waals surface area contributed by atoms with Gasteiger partial charge in [0.05, 0.1) is 0 Å². The van der Waals surface area contributed by atoms with E-state index in [1.54, 1.807) is 0 Å². The second-order valence-corrected chi connectivity index (χ2v) is 17.8. The summed E-state index contributed by atoms with van der Waals surface area (Å²) in [6.07, 6.45) is 67.9. The third kappa shape index (κ3) is 34.3. The molecule has 0 spiro atoms. The van der Waals surface area contributed by atoms with Gasteiger partial charge in [-0.3, -0.25) is 0 Å². The van der Waals surface area contributed by atoms with Crippen molar-refractivity contribution in [1.29, 1.82) is 0 Å². The van der Waals surface area contributed by atoms with Crippen LogP contribution in [0.15, 0.2) is 12.4 Å². The molecule has 2 nitrogen and oxygen atoms in total. The number of hydrogen-bond acceptors (Lipinski definition) is 2. The summed E-state index contributed by atoms with van der Waals surface area (Å²) in [5, 5.41) is 0. The predicted molar refractivity (Wildman–Crippen MR) is 242 cm³/mol. The first kappa shape index (κ1) is 50.4. The Labute approximate surface area is 337 Å². The molecule has 0 bridgehead atoms. The molecule has 1 aliphatic heterocycles. The highest BCUT2D eigenvalue weighted by Crippen LogP contribution is 2.24. The van der Waals surface area contributed by atoms with E-state index in [2.05, 4.69) is 43.0 Å². The van der Waals surface area contributed by atoms with Gasteiger partial charge in [-0.25, -0.2) is 0 Å². The van der Waals surface area contributed by atoms with Crippen molar-refractivity contribution in [3.8, 4) is 0 Å². The van der Waals surface area contributed by atoms with Gasteiger partial charge in [0.1, 0.15) is 6.17 Å². The summed E-state index contributed by atoms with van der Waals surface area (Å²) in [4.78, 5) is 5.48. The second-order valence-electron chi connectivity index (χ2n) is 17.8. The Balaban J connectivity index is 2.17. The average molecular weight is 743 g/mol. The zero-order valence-electron chi connectivity index (χ0n) is 37.4. The molecule has 0 amide bonds. The van der Waals surface area contributed by atoms with Crippen molar-refractivity contribution in [3.63, 3.8) is 0 Å². The Kier molecular flexibility index (Phi) is 40.4. The summed E-state index contributed by atoms with van der Waals surface area (Å²) in [5.74, 6) is 0. The highest BCUT2D eigenvalue weighted by atomic mass is 15.4. The molecule has 316 valence electrons. The van der Waals surface area contributed by atoms with Crippen molar-refractivity contribution < 1.29 is 0 Å². The van der Waals surface area contributed by atoms with Crippen LogP contribution < -0.4 is 0 Å². The maximum absolute atomic E-state index is 2.74. The van der Waals surface area contributed by atoms with E-state index in [0.29, 0.717) is 6.17 Å². The fraction of sp³-hybridized carbons (Fsp3) is 0.961. The van der Waals surface area contributed by atoms with Gasteiger partial charge < -0.3 is 9.80 Å². The predicted octanol–water partition coefficient (Wildman–Crippen LogP) is 18.2. The van der Waals surface area contributed by atoms with Gasteiger partial charge in [0.2, 0.25) is 0 Å². The average Bonchev–Trinajstić information content (AvgIpc) is 3.55. The van der Waals surface area contributed by atoms with Crippen molar-refractivity contribution in [2.24, 2.45) is 0 Å². The van der Waals surface area contributed by atoms with Gasteiger partial charge in [0.25, 0.3) is 0 Å². The molecule has 53 heavy (non-hydrogen) atoms. The number of rotatable bonds is 45. The van der Waals surface area contributed by atoms with Crippen LogP contribution in [0.1, 0.15) is 297 Å². The van der Waals surface area contributed by atoms with Gasteiger partial charge in [-0.15, -0.1) is 0 Å². The lowest BCUT2D eigenvalue weighted by Crippen LogP contribution is -2.39. The van der Waals surface area contributed by atoms with Gasteiger partial charge in [-0.1, -0.05) is 271 Å². The van der Waals surface area contributed by atoms with E-state index in [1.165, 1.54) is 289 Å². The lowest BCUT2D eigenvalue weighted by Gasteiger charge is -2.33. The number of unbranched alkanes of at least 4 members (excludes halogenated alkanes) is 39. The van der Waals surface area contributed by atoms with Crippen molar-refractivity contribution >= 4 is 0 Å². The standard InChI is InChI=1S/C51H102N2/c1-4-7-10-13-16-19-22-24-26-27-28-30-32-34-37-40-43-46-51-52(47-44-41-38-35-21-18-15-12-9-6-3)49-50-53(51)48-45-42-39-36-33-31-29-25-23-20-17-14-11-8-5-2/h49-51H,4-48H2,1-3H3. The molecule has 0 aromatic rings. The SMILES string of the molecule is CCCCCCCCCCCCCCCCCCCC1N(CCCCCCCCCCCC)C=CN1CCCCCCCCCCCCCCCCC. The molecule has 0 radical (unpaired) electrons. The maximum Gasteiger partial charge on any atom is 0.101 e. The second kappa shape index (κ2) is 42.5. The molecule has 0 aromatic carbocycles. The molecule has 0 N–H and O–H groups in total. The van der Waals surface area contributed by atoms with Crippen molar-refractivity contribution in [3.05, 3.63) is 12.4 Å². The highest BCUT2D eigenvalue weighted by Gasteiger charge is 2.24. The van der Waals surface area contributed by atoms with E-state index in [-0.39, 0.29) is 0 Å². The van der Waals surface area contributed by atoms with Crippen molar-refractivity contribution in [2.75, 3.05) is 13.1 Å². The topological polar surface area (TPSA) is 6.48 Å². The molecular formula is C51H102N2. The summed E-state index contributed by atoms with van der Waals surface area (Å²) < 4.78 is 0. The Hall–Kier alpha value is -0.660. The van der Waals surface area contributed by atoms with E-state index in [1.807, 2.05) is 0 Å². The van der Waals surface area contributed by atoms with Crippen LogP contribution in [0, 0.1) is 0 Å². The molecule has 2 heteroatoms. The molecule has 1 aliphatic rings. The molecule has 1 heterocycles. The minimum Gasteiger partial charge on any atom is -0.356 e. The fourth-order valence-corrected chi connectivity index (χ4v) is 8.84. The fourth-order valence-electron chi connectivity index (χ4n) is 8.84. The zero-order valence-corrected chi connectivity index (χ0v) is 37.4. The minimum absolute atomic E-state index is 0.636. The van der Waals surface area contributed by atoms with Gasteiger partial charge >= 0.3 is 0 Å². The van der Waals surface area contributed by atoms with Crippen LogP contribution in [-0.2, 0) is 0 Å². The van der Waals surface area contributed by atoms with Crippen LogP contribution >= 0.6 is 0 Å². The van der Waals surface area contributed by atoms with Crippen LogP contribution in [0.5, 0.6) is 0 Å². The van der Waals surface area contributed by atoms with Crippen molar-refractivity contribution in [2.45, 2.75) is 303 Å². The molecule has 0 fully saturated rings. The van der Waals surface area contributed by atoms with Gasteiger partial charge in [-0.2, -0.15) is 0 Å². The van der Waals surface area contributed by atoms with E-state index in [9.17, 15) is 0 Å². The molecule has 1 rings (SSSR count). The molecule has 0 aliphatic carbocycles. The molecular weight excluding hydrogens is 641 g/mol. The lowest BCUT2D eigenvalue weighted by atomic mass is 10.0. The first-order valence-electron chi connectivity index (χ1n) is 25.5. The summed E-state index contributed by atoms with van der Waals surface area (Å²) in [7, 11) is 0. The van der Waals surface area contributed by atoms with Crippen molar-refractivity contribution in [1.82, 2.24) is 9.80 Å². The quantitative estimate of drug-likeness (QED) is 0.0573. The Morgan fingerprint density at radius 2 is 0.434 bits per heavy atom. The smallest absolute Gasteiger partial charge is 0.101 e. The summed E-state index contributed by atoms with van der Waals surface area (Å²) in [5.41, 5.74) is 0. The Morgan fingerprint density at radius 3 is 0.660 bits per heavy atom. The minimum atomic E-state index is 0.636. The van der Waals surface area contributed by atoms with Gasteiger partial charge in [0, 0.05) is 25.5 Å². The lowest BCUT2D eigenvalue weighted by molar-refractivity contribution is 0.135. The first-order valence-corrected chi connectivity index (χ1v) is 25.5. The normalized spacial score (nSPS) is 14.4. The van der Waals surface area contributed by atoms with E-state index < -0.39 is 0 Å². The third-order valence-electron chi connectivity index (χ3n) is 12.6. The first-order chi connectivity index (χ1) is 26.3. The van der Waals surface area contributed by atoms with E-state index >= 15 is 0 Å². The molecule has 0 saturated heterocycles. The molecule has 1 atom stereocenters.